The third kappa shape index (κ3) is 2.46. The highest BCUT2D eigenvalue weighted by Crippen LogP contribution is 2.26. The van der Waals surface area contributed by atoms with E-state index < -0.39 is 15.8 Å². The molecule has 0 fully saturated rings. The second kappa shape index (κ2) is 4.58. The predicted molar refractivity (Wildman–Crippen MR) is 67.9 cm³/mol. The standard InChI is InChI=1S/C9H8BrFN4O2S/c10-6-2-1-5(11)3-7(6)15-18(16,17)8-4-13-14-9(8)12/h1-4,15H,(H3,12,13,14). The minimum Gasteiger partial charge on any atom is -0.383 e. The average molecular weight is 335 g/mol. The van der Waals surface area contributed by atoms with Crippen molar-refractivity contribution in [1.82, 2.24) is 10.2 Å². The highest BCUT2D eigenvalue weighted by atomic mass is 79.9. The molecule has 1 heterocycles. The molecule has 0 unspecified atom stereocenters. The molecule has 0 aliphatic rings. The van der Waals surface area contributed by atoms with Gasteiger partial charge in [0, 0.05) is 4.47 Å². The minimum absolute atomic E-state index is 0.0793. The summed E-state index contributed by atoms with van der Waals surface area (Å²) >= 11 is 3.12. The van der Waals surface area contributed by atoms with Crippen molar-refractivity contribution in [3.63, 3.8) is 0 Å². The summed E-state index contributed by atoms with van der Waals surface area (Å²) in [5.41, 5.74) is 5.50. The summed E-state index contributed by atoms with van der Waals surface area (Å²) < 4.78 is 39.6. The first-order valence-corrected chi connectivity index (χ1v) is 6.94. The molecule has 1 aromatic carbocycles. The third-order valence-electron chi connectivity index (χ3n) is 2.09. The maximum atomic E-state index is 13.0. The Balaban J connectivity index is 2.40. The van der Waals surface area contributed by atoms with Crippen LogP contribution in [0.5, 0.6) is 0 Å². The first-order chi connectivity index (χ1) is 8.40. The monoisotopic (exact) mass is 334 g/mol. The Bertz CT molecular complexity index is 686. The second-order valence-electron chi connectivity index (χ2n) is 3.38. The summed E-state index contributed by atoms with van der Waals surface area (Å²) in [6.07, 6.45) is 1.07. The van der Waals surface area contributed by atoms with E-state index in [0.29, 0.717) is 4.47 Å². The largest absolute Gasteiger partial charge is 0.383 e. The highest BCUT2D eigenvalue weighted by molar-refractivity contribution is 9.10. The molecule has 0 saturated heterocycles. The molecular weight excluding hydrogens is 327 g/mol. The lowest BCUT2D eigenvalue weighted by atomic mass is 10.3. The van der Waals surface area contributed by atoms with Crippen molar-refractivity contribution in [2.75, 3.05) is 10.5 Å². The van der Waals surface area contributed by atoms with Crippen molar-refractivity contribution >= 4 is 37.5 Å². The van der Waals surface area contributed by atoms with E-state index in [1.54, 1.807) is 0 Å². The van der Waals surface area contributed by atoms with Crippen molar-refractivity contribution in [2.45, 2.75) is 4.90 Å². The Labute approximate surface area is 111 Å². The number of aromatic amines is 1. The van der Waals surface area contributed by atoms with Crippen LogP contribution in [0.15, 0.2) is 33.8 Å². The molecule has 0 aliphatic heterocycles. The van der Waals surface area contributed by atoms with Gasteiger partial charge in [-0.1, -0.05) is 0 Å². The van der Waals surface area contributed by atoms with Crippen LogP contribution < -0.4 is 10.5 Å². The molecule has 2 rings (SSSR count). The van der Waals surface area contributed by atoms with Gasteiger partial charge in [-0.3, -0.25) is 9.82 Å². The smallest absolute Gasteiger partial charge is 0.267 e. The molecule has 0 amide bonds. The number of anilines is 2. The Morgan fingerprint density at radius 2 is 2.17 bits per heavy atom. The summed E-state index contributed by atoms with van der Waals surface area (Å²) in [6, 6.07) is 3.65. The van der Waals surface area contributed by atoms with Gasteiger partial charge >= 0.3 is 0 Å². The highest BCUT2D eigenvalue weighted by Gasteiger charge is 2.20. The van der Waals surface area contributed by atoms with E-state index >= 15 is 0 Å². The molecule has 0 radical (unpaired) electrons. The van der Waals surface area contributed by atoms with Gasteiger partial charge in [0.05, 0.1) is 11.9 Å². The van der Waals surface area contributed by atoms with E-state index in [9.17, 15) is 12.8 Å². The van der Waals surface area contributed by atoms with Crippen LogP contribution >= 0.6 is 15.9 Å². The van der Waals surface area contributed by atoms with Gasteiger partial charge < -0.3 is 5.73 Å². The zero-order chi connectivity index (χ0) is 13.3. The van der Waals surface area contributed by atoms with Crippen LogP contribution in [-0.2, 0) is 10.0 Å². The van der Waals surface area contributed by atoms with Gasteiger partial charge in [-0.15, -0.1) is 0 Å². The van der Waals surface area contributed by atoms with Gasteiger partial charge in [0.15, 0.2) is 0 Å². The molecule has 0 bridgehead atoms. The molecule has 96 valence electrons. The van der Waals surface area contributed by atoms with Crippen LogP contribution in [0.1, 0.15) is 0 Å². The van der Waals surface area contributed by atoms with E-state index in [-0.39, 0.29) is 16.4 Å². The van der Waals surface area contributed by atoms with Gasteiger partial charge in [0.1, 0.15) is 16.5 Å². The van der Waals surface area contributed by atoms with E-state index in [1.165, 1.54) is 12.1 Å². The quantitative estimate of drug-likeness (QED) is 0.795. The first kappa shape index (κ1) is 12.8. The minimum atomic E-state index is -3.91. The number of nitrogens with one attached hydrogen (secondary N) is 2. The molecular formula is C9H8BrFN4O2S. The number of rotatable bonds is 3. The second-order valence-corrected chi connectivity index (χ2v) is 5.88. The summed E-state index contributed by atoms with van der Waals surface area (Å²) in [6.45, 7) is 0. The van der Waals surface area contributed by atoms with E-state index in [4.69, 9.17) is 5.73 Å². The van der Waals surface area contributed by atoms with Crippen molar-refractivity contribution in [2.24, 2.45) is 0 Å². The van der Waals surface area contributed by atoms with Gasteiger partial charge in [0.25, 0.3) is 10.0 Å². The maximum Gasteiger partial charge on any atom is 0.267 e. The molecule has 0 spiro atoms. The number of nitrogens with two attached hydrogens (primary N) is 1. The lowest BCUT2D eigenvalue weighted by Gasteiger charge is -2.08. The van der Waals surface area contributed by atoms with Gasteiger partial charge in [-0.05, 0) is 34.1 Å². The Morgan fingerprint density at radius 3 is 2.78 bits per heavy atom. The number of halogens is 2. The van der Waals surface area contributed by atoms with E-state index in [0.717, 1.165) is 12.3 Å². The van der Waals surface area contributed by atoms with Gasteiger partial charge in [0.2, 0.25) is 0 Å². The fraction of sp³-hybridized carbons (Fsp3) is 0. The normalized spacial score (nSPS) is 11.4. The molecule has 0 atom stereocenters. The van der Waals surface area contributed by atoms with Crippen LogP contribution in [0.25, 0.3) is 0 Å². The number of H-pyrrole nitrogens is 1. The Kier molecular flexibility index (Phi) is 3.26. The number of aromatic nitrogens is 2. The Morgan fingerprint density at radius 1 is 1.44 bits per heavy atom. The van der Waals surface area contributed by atoms with Crippen LogP contribution in [0.2, 0.25) is 0 Å². The van der Waals surface area contributed by atoms with E-state index in [1.807, 2.05) is 0 Å². The first-order valence-electron chi connectivity index (χ1n) is 4.67. The van der Waals surface area contributed by atoms with Crippen LogP contribution in [-0.4, -0.2) is 18.6 Å². The van der Waals surface area contributed by atoms with Crippen molar-refractivity contribution in [3.05, 3.63) is 34.7 Å². The number of hydrogen-bond acceptors (Lipinski definition) is 4. The molecule has 0 saturated carbocycles. The van der Waals surface area contributed by atoms with Crippen molar-refractivity contribution in [3.8, 4) is 0 Å². The molecule has 18 heavy (non-hydrogen) atoms. The van der Waals surface area contributed by atoms with Gasteiger partial charge in [-0.2, -0.15) is 5.10 Å². The zero-order valence-electron chi connectivity index (χ0n) is 8.81. The summed E-state index contributed by atoms with van der Waals surface area (Å²) in [7, 11) is -3.91. The molecule has 6 nitrogen and oxygen atoms in total. The van der Waals surface area contributed by atoms with Gasteiger partial charge in [-0.25, -0.2) is 12.8 Å². The molecule has 2 aromatic rings. The molecule has 0 aliphatic carbocycles. The lowest BCUT2D eigenvalue weighted by Crippen LogP contribution is -2.14. The predicted octanol–water partition coefficient (Wildman–Crippen LogP) is 1.69. The number of nitrogen functional groups attached to an aromatic ring is 1. The summed E-state index contributed by atoms with van der Waals surface area (Å²) in [5.74, 6) is -0.647. The number of sulfonamides is 1. The van der Waals surface area contributed by atoms with Crippen molar-refractivity contribution < 1.29 is 12.8 Å². The lowest BCUT2D eigenvalue weighted by molar-refractivity contribution is 0.601. The van der Waals surface area contributed by atoms with Crippen LogP contribution in [0.4, 0.5) is 15.9 Å². The van der Waals surface area contributed by atoms with Crippen LogP contribution in [0, 0.1) is 5.82 Å². The fourth-order valence-corrected chi connectivity index (χ4v) is 2.85. The maximum absolute atomic E-state index is 13.0. The molecule has 4 N–H and O–H groups in total. The number of hydrogen-bond donors (Lipinski definition) is 3. The molecule has 9 heteroatoms. The summed E-state index contributed by atoms with van der Waals surface area (Å²) in [4.78, 5) is -0.196. The third-order valence-corrected chi connectivity index (χ3v) is 4.18. The fourth-order valence-electron chi connectivity index (χ4n) is 1.27. The average Bonchev–Trinajstić information content (AvgIpc) is 2.70. The Hall–Kier alpha value is -1.61. The number of benzene rings is 1. The van der Waals surface area contributed by atoms with E-state index in [2.05, 4.69) is 30.8 Å². The molecule has 1 aromatic heterocycles. The summed E-state index contributed by atoms with van der Waals surface area (Å²) in [5, 5.41) is 5.82. The van der Waals surface area contributed by atoms with Crippen molar-refractivity contribution in [1.29, 1.82) is 0 Å². The topological polar surface area (TPSA) is 101 Å². The SMILES string of the molecule is Nc1[nH]ncc1S(=O)(=O)Nc1cc(F)ccc1Br. The van der Waals surface area contributed by atoms with Crippen LogP contribution in [0.3, 0.4) is 0 Å². The number of nitrogens with zero attached hydrogens (tertiary/aromatic N) is 1. The zero-order valence-corrected chi connectivity index (χ0v) is 11.2.